The largest absolute Gasteiger partial charge is 0.491 e. The third-order valence-electron chi connectivity index (χ3n) is 6.04. The zero-order valence-electron chi connectivity index (χ0n) is 19.9. The third-order valence-corrected chi connectivity index (χ3v) is 6.04. The first kappa shape index (κ1) is 22.8. The maximum atomic E-state index is 6.37. The summed E-state index contributed by atoms with van der Waals surface area (Å²) in [6.45, 7) is 16.4. The van der Waals surface area contributed by atoms with E-state index >= 15 is 0 Å². The van der Waals surface area contributed by atoms with Gasteiger partial charge in [-0.15, -0.1) is 0 Å². The third kappa shape index (κ3) is 5.63. The van der Waals surface area contributed by atoms with Crippen LogP contribution in [-0.2, 0) is 19.4 Å². The van der Waals surface area contributed by atoms with E-state index in [1.807, 2.05) is 0 Å². The number of hydrogen-bond acceptors (Lipinski definition) is 3. The van der Waals surface area contributed by atoms with Gasteiger partial charge in [0.25, 0.3) is 0 Å². The van der Waals surface area contributed by atoms with Crippen molar-refractivity contribution in [2.45, 2.75) is 86.3 Å². The van der Waals surface area contributed by atoms with Gasteiger partial charge in [-0.2, -0.15) is 0 Å². The summed E-state index contributed by atoms with van der Waals surface area (Å²) in [5.74, 6) is 1.90. The van der Waals surface area contributed by atoms with Crippen molar-refractivity contribution in [2.24, 2.45) is 5.92 Å². The first-order chi connectivity index (χ1) is 14.5. The lowest BCUT2D eigenvalue weighted by Crippen LogP contribution is -2.27. The number of rotatable bonds is 11. The Kier molecular flexibility index (Phi) is 7.93. The molecule has 0 aliphatic heterocycles. The van der Waals surface area contributed by atoms with Gasteiger partial charge in [0.2, 0.25) is 0 Å². The summed E-state index contributed by atoms with van der Waals surface area (Å²) in [6, 6.07) is 8.85. The smallest absolute Gasteiger partial charge is 0.128 e. The molecule has 0 saturated heterocycles. The highest BCUT2D eigenvalue weighted by Gasteiger charge is 2.25. The summed E-state index contributed by atoms with van der Waals surface area (Å²) in [5.41, 5.74) is 7.46. The minimum absolute atomic E-state index is 0.147. The molecule has 3 nitrogen and oxygen atoms in total. The fourth-order valence-corrected chi connectivity index (χ4v) is 4.36. The first-order valence-corrected chi connectivity index (χ1v) is 12.0. The Hall–Kier alpha value is -1.87. The van der Waals surface area contributed by atoms with E-state index in [0.717, 1.165) is 49.0 Å². The van der Waals surface area contributed by atoms with Crippen molar-refractivity contribution in [3.8, 4) is 17.0 Å². The molecule has 1 aliphatic rings. The zero-order chi connectivity index (χ0) is 21.7. The van der Waals surface area contributed by atoms with Crippen LogP contribution in [0.15, 0.2) is 24.3 Å². The molecule has 1 aromatic heterocycles. The standard InChI is InChI=1S/C27H40N2O/c1-7-15-29(17-21-13-14-21)18-24-20(6)28-25(16-26(24)30-19(4)5)27-22(8-2)11-10-12-23(27)9-3/h10-12,16,19,21H,7-9,13-15,17-18H2,1-6H3. The molecule has 1 aliphatic carbocycles. The molecule has 0 N–H and O–H groups in total. The SMILES string of the molecule is CCCN(Cc1c(OC(C)C)cc(-c2c(CC)cccc2CC)nc1C)CC1CC1. The molecule has 0 amide bonds. The highest BCUT2D eigenvalue weighted by atomic mass is 16.5. The Morgan fingerprint density at radius 3 is 2.30 bits per heavy atom. The van der Waals surface area contributed by atoms with E-state index in [0.29, 0.717) is 0 Å². The Bertz CT molecular complexity index is 817. The number of benzene rings is 1. The fraction of sp³-hybridized carbons (Fsp3) is 0.593. The lowest BCUT2D eigenvalue weighted by atomic mass is 9.94. The quantitative estimate of drug-likeness (QED) is 0.419. The van der Waals surface area contributed by atoms with Gasteiger partial charge in [-0.25, -0.2) is 0 Å². The summed E-state index contributed by atoms with van der Waals surface area (Å²) in [7, 11) is 0. The van der Waals surface area contributed by atoms with Crippen LogP contribution in [0, 0.1) is 12.8 Å². The van der Waals surface area contributed by atoms with Gasteiger partial charge in [0, 0.05) is 36.0 Å². The van der Waals surface area contributed by atoms with E-state index in [1.54, 1.807) is 0 Å². The molecule has 1 fully saturated rings. The van der Waals surface area contributed by atoms with Gasteiger partial charge < -0.3 is 4.74 Å². The van der Waals surface area contributed by atoms with Gasteiger partial charge in [0.1, 0.15) is 5.75 Å². The maximum Gasteiger partial charge on any atom is 0.128 e. The second kappa shape index (κ2) is 10.4. The molecular formula is C27H40N2O. The Labute approximate surface area is 183 Å². The summed E-state index contributed by atoms with van der Waals surface area (Å²) in [4.78, 5) is 7.73. The summed E-state index contributed by atoms with van der Waals surface area (Å²) in [6.07, 6.45) is 6.13. The van der Waals surface area contributed by atoms with Gasteiger partial charge in [0.15, 0.2) is 0 Å². The Morgan fingerprint density at radius 1 is 1.10 bits per heavy atom. The monoisotopic (exact) mass is 408 g/mol. The molecule has 0 spiro atoms. The minimum atomic E-state index is 0.147. The average molecular weight is 409 g/mol. The van der Waals surface area contributed by atoms with E-state index in [9.17, 15) is 0 Å². The predicted molar refractivity (Wildman–Crippen MR) is 127 cm³/mol. The second-order valence-electron chi connectivity index (χ2n) is 9.07. The molecule has 3 rings (SSSR count). The number of pyridine rings is 1. The van der Waals surface area contributed by atoms with Crippen molar-refractivity contribution in [1.29, 1.82) is 0 Å². The van der Waals surface area contributed by atoms with E-state index < -0.39 is 0 Å². The van der Waals surface area contributed by atoms with Crippen LogP contribution in [0.1, 0.15) is 76.3 Å². The van der Waals surface area contributed by atoms with Crippen molar-refractivity contribution in [1.82, 2.24) is 9.88 Å². The van der Waals surface area contributed by atoms with Crippen LogP contribution >= 0.6 is 0 Å². The van der Waals surface area contributed by atoms with Crippen LogP contribution in [0.3, 0.4) is 0 Å². The molecule has 1 saturated carbocycles. The van der Waals surface area contributed by atoms with Crippen LogP contribution in [0.4, 0.5) is 0 Å². The Morgan fingerprint density at radius 2 is 1.77 bits per heavy atom. The van der Waals surface area contributed by atoms with Crippen LogP contribution in [0.5, 0.6) is 5.75 Å². The number of aromatic nitrogens is 1. The van der Waals surface area contributed by atoms with E-state index in [4.69, 9.17) is 9.72 Å². The average Bonchev–Trinajstić information content (AvgIpc) is 3.53. The van der Waals surface area contributed by atoms with Crippen molar-refractivity contribution in [3.63, 3.8) is 0 Å². The molecule has 1 aromatic carbocycles. The van der Waals surface area contributed by atoms with Gasteiger partial charge in [-0.1, -0.05) is 39.0 Å². The molecule has 1 heterocycles. The van der Waals surface area contributed by atoms with Crippen molar-refractivity contribution < 1.29 is 4.74 Å². The highest BCUT2D eigenvalue weighted by molar-refractivity contribution is 5.70. The number of aryl methyl sites for hydroxylation is 3. The number of hydrogen-bond donors (Lipinski definition) is 0. The number of nitrogens with zero attached hydrogens (tertiary/aromatic N) is 2. The highest BCUT2D eigenvalue weighted by Crippen LogP contribution is 2.35. The lowest BCUT2D eigenvalue weighted by molar-refractivity contribution is 0.222. The van der Waals surface area contributed by atoms with Crippen LogP contribution in [0.25, 0.3) is 11.3 Å². The van der Waals surface area contributed by atoms with Gasteiger partial charge in [0.05, 0.1) is 11.8 Å². The molecule has 30 heavy (non-hydrogen) atoms. The lowest BCUT2D eigenvalue weighted by Gasteiger charge is -2.25. The molecule has 0 bridgehead atoms. The van der Waals surface area contributed by atoms with Gasteiger partial charge >= 0.3 is 0 Å². The first-order valence-electron chi connectivity index (χ1n) is 12.0. The molecule has 0 atom stereocenters. The van der Waals surface area contributed by atoms with Gasteiger partial charge in [-0.05, 0) is 76.5 Å². The fourth-order valence-electron chi connectivity index (χ4n) is 4.36. The molecular weight excluding hydrogens is 368 g/mol. The topological polar surface area (TPSA) is 25.4 Å². The van der Waals surface area contributed by atoms with Crippen molar-refractivity contribution in [2.75, 3.05) is 13.1 Å². The zero-order valence-corrected chi connectivity index (χ0v) is 19.9. The molecule has 3 heteroatoms. The Balaban J connectivity index is 2.03. The van der Waals surface area contributed by atoms with E-state index in [1.165, 1.54) is 48.1 Å². The summed E-state index contributed by atoms with van der Waals surface area (Å²) >= 11 is 0. The molecule has 164 valence electrons. The molecule has 0 radical (unpaired) electrons. The maximum absolute atomic E-state index is 6.37. The van der Waals surface area contributed by atoms with Gasteiger partial charge in [-0.3, -0.25) is 9.88 Å². The molecule has 2 aromatic rings. The number of ether oxygens (including phenoxy) is 1. The second-order valence-corrected chi connectivity index (χ2v) is 9.07. The van der Waals surface area contributed by atoms with Crippen LogP contribution < -0.4 is 4.74 Å². The predicted octanol–water partition coefficient (Wildman–Crippen LogP) is 6.59. The van der Waals surface area contributed by atoms with E-state index in [-0.39, 0.29) is 6.10 Å². The van der Waals surface area contributed by atoms with Crippen LogP contribution in [0.2, 0.25) is 0 Å². The minimum Gasteiger partial charge on any atom is -0.491 e. The summed E-state index contributed by atoms with van der Waals surface area (Å²) < 4.78 is 6.37. The van der Waals surface area contributed by atoms with E-state index in [2.05, 4.69) is 70.7 Å². The van der Waals surface area contributed by atoms with Crippen molar-refractivity contribution in [3.05, 3.63) is 46.6 Å². The molecule has 0 unspecified atom stereocenters. The summed E-state index contributed by atoms with van der Waals surface area (Å²) in [5, 5.41) is 0. The van der Waals surface area contributed by atoms with Crippen molar-refractivity contribution >= 4 is 0 Å². The van der Waals surface area contributed by atoms with Crippen LogP contribution in [-0.4, -0.2) is 29.1 Å². The normalized spacial score (nSPS) is 14.0.